The molecule has 6 nitrogen and oxygen atoms in total. The summed E-state index contributed by atoms with van der Waals surface area (Å²) in [6.45, 7) is 0. The number of methoxy groups -OCH3 is 2. The van der Waals surface area contributed by atoms with Gasteiger partial charge in [0.25, 0.3) is 0 Å². The summed E-state index contributed by atoms with van der Waals surface area (Å²) in [7, 11) is 3.31. The average Bonchev–Trinajstić information content (AvgIpc) is 3.22. The summed E-state index contributed by atoms with van der Waals surface area (Å²) >= 11 is 0. The van der Waals surface area contributed by atoms with E-state index in [1.165, 1.54) is 0 Å². The molecule has 1 aliphatic rings. The van der Waals surface area contributed by atoms with Gasteiger partial charge in [-0.1, -0.05) is 18.0 Å². The fraction of sp³-hybridized carbons (Fsp3) is 0.529. The second-order valence-electron chi connectivity index (χ2n) is 6.05. The molecular weight excluding hydrogens is 294 g/mol. The quantitative estimate of drug-likeness (QED) is 0.881. The number of benzene rings is 1. The monoisotopic (exact) mass is 317 g/mol. The van der Waals surface area contributed by atoms with Gasteiger partial charge in [0.2, 0.25) is 5.89 Å². The third-order valence-electron chi connectivity index (χ3n) is 4.50. The SMILES string of the molecule is COc1ccc(OC)c(CCc2nc(C3(N)CCCC3)no2)c1. The van der Waals surface area contributed by atoms with Gasteiger partial charge in [-0.15, -0.1) is 0 Å². The molecule has 0 bridgehead atoms. The summed E-state index contributed by atoms with van der Waals surface area (Å²) in [4.78, 5) is 4.50. The molecule has 0 spiro atoms. The zero-order valence-electron chi connectivity index (χ0n) is 13.7. The summed E-state index contributed by atoms with van der Waals surface area (Å²) in [5, 5.41) is 4.09. The number of hydrogen-bond donors (Lipinski definition) is 1. The maximum Gasteiger partial charge on any atom is 0.227 e. The van der Waals surface area contributed by atoms with Gasteiger partial charge in [-0.05, 0) is 43.0 Å². The lowest BCUT2D eigenvalue weighted by Crippen LogP contribution is -2.34. The van der Waals surface area contributed by atoms with Crippen molar-refractivity contribution in [1.29, 1.82) is 0 Å². The van der Waals surface area contributed by atoms with Gasteiger partial charge in [0.1, 0.15) is 11.5 Å². The molecule has 1 aromatic heterocycles. The van der Waals surface area contributed by atoms with Crippen molar-refractivity contribution in [2.45, 2.75) is 44.1 Å². The first-order valence-corrected chi connectivity index (χ1v) is 7.97. The molecule has 3 rings (SSSR count). The van der Waals surface area contributed by atoms with E-state index in [9.17, 15) is 0 Å². The van der Waals surface area contributed by atoms with Crippen molar-refractivity contribution in [3.8, 4) is 11.5 Å². The highest BCUT2D eigenvalue weighted by Gasteiger charge is 2.35. The Balaban J connectivity index is 1.70. The first-order chi connectivity index (χ1) is 11.1. The van der Waals surface area contributed by atoms with Crippen molar-refractivity contribution in [2.24, 2.45) is 5.73 Å². The Bertz CT molecular complexity index is 663. The molecule has 1 fully saturated rings. The summed E-state index contributed by atoms with van der Waals surface area (Å²) in [6.07, 6.45) is 5.49. The maximum atomic E-state index is 6.36. The lowest BCUT2D eigenvalue weighted by molar-refractivity contribution is 0.347. The van der Waals surface area contributed by atoms with Crippen LogP contribution in [0.2, 0.25) is 0 Å². The first-order valence-electron chi connectivity index (χ1n) is 7.97. The molecule has 2 aromatic rings. The maximum absolute atomic E-state index is 6.36. The van der Waals surface area contributed by atoms with Gasteiger partial charge in [-0.2, -0.15) is 4.98 Å². The van der Waals surface area contributed by atoms with Crippen LogP contribution in [0, 0.1) is 0 Å². The Morgan fingerprint density at radius 1 is 1.17 bits per heavy atom. The smallest absolute Gasteiger partial charge is 0.227 e. The van der Waals surface area contributed by atoms with Gasteiger partial charge in [-0.3, -0.25) is 0 Å². The Labute approximate surface area is 136 Å². The Morgan fingerprint density at radius 2 is 1.96 bits per heavy atom. The molecule has 1 saturated carbocycles. The van der Waals surface area contributed by atoms with E-state index in [1.54, 1.807) is 14.2 Å². The van der Waals surface area contributed by atoms with E-state index in [0.717, 1.165) is 49.2 Å². The Hall–Kier alpha value is -2.08. The Morgan fingerprint density at radius 3 is 2.65 bits per heavy atom. The van der Waals surface area contributed by atoms with Crippen LogP contribution in [0.25, 0.3) is 0 Å². The molecule has 23 heavy (non-hydrogen) atoms. The highest BCUT2D eigenvalue weighted by atomic mass is 16.5. The van der Waals surface area contributed by atoms with E-state index in [0.29, 0.717) is 18.1 Å². The van der Waals surface area contributed by atoms with Crippen LogP contribution < -0.4 is 15.2 Å². The number of aryl methyl sites for hydroxylation is 2. The van der Waals surface area contributed by atoms with Gasteiger partial charge in [0.05, 0.1) is 19.8 Å². The van der Waals surface area contributed by atoms with Crippen molar-refractivity contribution >= 4 is 0 Å². The van der Waals surface area contributed by atoms with Crippen LogP contribution in [-0.2, 0) is 18.4 Å². The minimum atomic E-state index is -0.407. The van der Waals surface area contributed by atoms with Crippen molar-refractivity contribution in [3.05, 3.63) is 35.5 Å². The van der Waals surface area contributed by atoms with Gasteiger partial charge >= 0.3 is 0 Å². The number of hydrogen-bond acceptors (Lipinski definition) is 6. The van der Waals surface area contributed by atoms with E-state index < -0.39 is 5.54 Å². The molecule has 0 saturated heterocycles. The van der Waals surface area contributed by atoms with Crippen LogP contribution in [0.1, 0.15) is 43.0 Å². The van der Waals surface area contributed by atoms with Crippen molar-refractivity contribution < 1.29 is 14.0 Å². The Kier molecular flexibility index (Phi) is 4.52. The molecule has 0 unspecified atom stereocenters. The van der Waals surface area contributed by atoms with Crippen LogP contribution in [0.4, 0.5) is 0 Å². The van der Waals surface area contributed by atoms with E-state index in [-0.39, 0.29) is 0 Å². The number of aromatic nitrogens is 2. The van der Waals surface area contributed by atoms with E-state index >= 15 is 0 Å². The molecule has 1 heterocycles. The molecule has 0 radical (unpaired) electrons. The highest BCUT2D eigenvalue weighted by Crippen LogP contribution is 2.34. The highest BCUT2D eigenvalue weighted by molar-refractivity contribution is 5.40. The van der Waals surface area contributed by atoms with Crippen LogP contribution >= 0.6 is 0 Å². The fourth-order valence-electron chi connectivity index (χ4n) is 3.11. The van der Waals surface area contributed by atoms with Crippen LogP contribution in [0.15, 0.2) is 22.7 Å². The average molecular weight is 317 g/mol. The standard InChI is InChI=1S/C17H23N3O3/c1-21-13-6-7-14(22-2)12(11-13)5-8-15-19-16(20-23-15)17(18)9-3-4-10-17/h6-7,11H,3-5,8-10,18H2,1-2H3. The van der Waals surface area contributed by atoms with Gasteiger partial charge in [-0.25, -0.2) is 0 Å². The molecule has 1 aromatic carbocycles. The molecule has 0 atom stereocenters. The van der Waals surface area contributed by atoms with Crippen molar-refractivity contribution in [1.82, 2.24) is 10.1 Å². The summed E-state index contributed by atoms with van der Waals surface area (Å²) < 4.78 is 16.0. The second kappa shape index (κ2) is 6.58. The van der Waals surface area contributed by atoms with Crippen molar-refractivity contribution in [2.75, 3.05) is 14.2 Å². The largest absolute Gasteiger partial charge is 0.497 e. The lowest BCUT2D eigenvalue weighted by Gasteiger charge is -2.17. The topological polar surface area (TPSA) is 83.4 Å². The summed E-state index contributed by atoms with van der Waals surface area (Å²) in [5.41, 5.74) is 7.01. The minimum Gasteiger partial charge on any atom is -0.497 e. The third kappa shape index (κ3) is 3.32. The normalized spacial score (nSPS) is 16.5. The van der Waals surface area contributed by atoms with E-state index in [1.807, 2.05) is 18.2 Å². The summed E-state index contributed by atoms with van der Waals surface area (Å²) in [5.74, 6) is 2.89. The summed E-state index contributed by atoms with van der Waals surface area (Å²) in [6, 6.07) is 5.75. The predicted molar refractivity (Wildman–Crippen MR) is 85.6 cm³/mol. The van der Waals surface area contributed by atoms with Crippen molar-refractivity contribution in [3.63, 3.8) is 0 Å². The third-order valence-corrected chi connectivity index (χ3v) is 4.50. The van der Waals surface area contributed by atoms with Crippen LogP contribution in [-0.4, -0.2) is 24.4 Å². The molecule has 2 N–H and O–H groups in total. The predicted octanol–water partition coefficient (Wildman–Crippen LogP) is 2.60. The van der Waals surface area contributed by atoms with Gasteiger partial charge in [0.15, 0.2) is 5.82 Å². The van der Waals surface area contributed by atoms with Gasteiger partial charge < -0.3 is 19.7 Å². The molecule has 1 aliphatic carbocycles. The molecule has 6 heteroatoms. The van der Waals surface area contributed by atoms with E-state index in [2.05, 4.69) is 10.1 Å². The number of nitrogens with two attached hydrogens (primary N) is 1. The molecule has 0 aliphatic heterocycles. The number of ether oxygens (including phenoxy) is 2. The molecular formula is C17H23N3O3. The zero-order chi connectivity index (χ0) is 16.3. The first kappa shape index (κ1) is 15.8. The molecule has 0 amide bonds. The van der Waals surface area contributed by atoms with Gasteiger partial charge in [0, 0.05) is 6.42 Å². The zero-order valence-corrected chi connectivity index (χ0v) is 13.7. The minimum absolute atomic E-state index is 0.407. The number of nitrogens with zero attached hydrogens (tertiary/aromatic N) is 2. The van der Waals surface area contributed by atoms with E-state index in [4.69, 9.17) is 19.7 Å². The molecule has 124 valence electrons. The lowest BCUT2D eigenvalue weighted by atomic mass is 9.99. The second-order valence-corrected chi connectivity index (χ2v) is 6.05. The van der Waals surface area contributed by atoms with Crippen LogP contribution in [0.5, 0.6) is 11.5 Å². The number of rotatable bonds is 6. The fourth-order valence-corrected chi connectivity index (χ4v) is 3.11. The van der Waals surface area contributed by atoms with Crippen LogP contribution in [0.3, 0.4) is 0 Å².